The SMILES string of the molecule is CN(C)C(=O)Nc1ccc(Cl)c(Cl)c1.Nc1ncn[nH]1. The molecule has 2 amide bonds. The van der Waals surface area contributed by atoms with Crippen LogP contribution in [0.3, 0.4) is 0 Å². The number of rotatable bonds is 1. The molecule has 0 radical (unpaired) electrons. The summed E-state index contributed by atoms with van der Waals surface area (Å²) in [5, 5.41) is 9.42. The van der Waals surface area contributed by atoms with Crippen molar-refractivity contribution in [3.05, 3.63) is 34.6 Å². The molecule has 0 aliphatic heterocycles. The Morgan fingerprint density at radius 3 is 2.45 bits per heavy atom. The van der Waals surface area contributed by atoms with Gasteiger partial charge in [-0.1, -0.05) is 23.2 Å². The maximum Gasteiger partial charge on any atom is 0.321 e. The van der Waals surface area contributed by atoms with E-state index in [1.165, 1.54) is 11.2 Å². The summed E-state index contributed by atoms with van der Waals surface area (Å²) in [5.74, 6) is 0.356. The minimum atomic E-state index is -0.205. The summed E-state index contributed by atoms with van der Waals surface area (Å²) in [5.41, 5.74) is 5.67. The molecule has 7 nitrogen and oxygen atoms in total. The second-order valence-electron chi connectivity index (χ2n) is 3.82. The molecule has 20 heavy (non-hydrogen) atoms. The highest BCUT2D eigenvalue weighted by atomic mass is 35.5. The number of nitrogen functional groups attached to an aromatic ring is 1. The van der Waals surface area contributed by atoms with Crippen LogP contribution < -0.4 is 11.1 Å². The number of H-pyrrole nitrogens is 1. The zero-order valence-corrected chi connectivity index (χ0v) is 12.4. The fraction of sp³-hybridized carbons (Fsp3) is 0.182. The summed E-state index contributed by atoms with van der Waals surface area (Å²) in [7, 11) is 3.32. The van der Waals surface area contributed by atoms with Gasteiger partial charge in [-0.3, -0.25) is 0 Å². The molecule has 1 heterocycles. The first-order valence-electron chi connectivity index (χ1n) is 5.44. The number of halogens is 2. The van der Waals surface area contributed by atoms with Crippen LogP contribution in [0.1, 0.15) is 0 Å². The Morgan fingerprint density at radius 2 is 2.05 bits per heavy atom. The summed E-state index contributed by atoms with van der Waals surface area (Å²) < 4.78 is 0. The number of anilines is 2. The van der Waals surface area contributed by atoms with Crippen molar-refractivity contribution >= 4 is 40.9 Å². The van der Waals surface area contributed by atoms with Crippen molar-refractivity contribution in [3.8, 4) is 0 Å². The second kappa shape index (κ2) is 7.56. The lowest BCUT2D eigenvalue weighted by Gasteiger charge is -2.12. The van der Waals surface area contributed by atoms with E-state index in [0.29, 0.717) is 21.7 Å². The Balaban J connectivity index is 0.000000276. The Kier molecular flexibility index (Phi) is 6.08. The summed E-state index contributed by atoms with van der Waals surface area (Å²) >= 11 is 11.5. The molecule has 0 atom stereocenters. The minimum absolute atomic E-state index is 0.205. The van der Waals surface area contributed by atoms with Crippen molar-refractivity contribution in [2.75, 3.05) is 25.1 Å². The Hall–Kier alpha value is -1.99. The second-order valence-corrected chi connectivity index (χ2v) is 4.64. The van der Waals surface area contributed by atoms with Gasteiger partial charge in [-0.15, -0.1) is 0 Å². The largest absolute Gasteiger partial charge is 0.368 e. The molecule has 4 N–H and O–H groups in total. The summed E-state index contributed by atoms with van der Waals surface area (Å²) in [6.45, 7) is 0. The van der Waals surface area contributed by atoms with E-state index in [1.807, 2.05) is 0 Å². The first kappa shape index (κ1) is 16.1. The minimum Gasteiger partial charge on any atom is -0.368 e. The number of hydrogen-bond donors (Lipinski definition) is 3. The maximum atomic E-state index is 11.2. The van der Waals surface area contributed by atoms with Gasteiger partial charge < -0.3 is 16.0 Å². The summed E-state index contributed by atoms with van der Waals surface area (Å²) in [6, 6.07) is 4.72. The van der Waals surface area contributed by atoms with Crippen molar-refractivity contribution in [1.82, 2.24) is 20.1 Å². The predicted octanol–water partition coefficient (Wildman–Crippen LogP) is 2.47. The lowest BCUT2D eigenvalue weighted by Crippen LogP contribution is -2.27. The van der Waals surface area contributed by atoms with Crippen molar-refractivity contribution in [2.45, 2.75) is 0 Å². The van der Waals surface area contributed by atoms with Crippen LogP contribution >= 0.6 is 23.2 Å². The van der Waals surface area contributed by atoms with E-state index in [-0.39, 0.29) is 6.03 Å². The number of benzene rings is 1. The number of urea groups is 1. The molecular formula is C11H14Cl2N6O. The number of aromatic amines is 1. The third-order valence-electron chi connectivity index (χ3n) is 2.01. The van der Waals surface area contributed by atoms with Crippen LogP contribution in [0.4, 0.5) is 16.4 Å². The molecule has 0 spiro atoms. The molecule has 0 aliphatic rings. The standard InChI is InChI=1S/C9H10Cl2N2O.C2H4N4/c1-13(2)9(14)12-6-3-4-7(10)8(11)5-6;3-2-4-1-5-6-2/h3-5H,1-2H3,(H,12,14);1H,(H3,3,4,5,6). The van der Waals surface area contributed by atoms with E-state index in [0.717, 1.165) is 0 Å². The smallest absolute Gasteiger partial charge is 0.321 e. The third-order valence-corrected chi connectivity index (χ3v) is 2.75. The van der Waals surface area contributed by atoms with Gasteiger partial charge in [0.05, 0.1) is 10.0 Å². The normalized spacial score (nSPS) is 9.40. The zero-order valence-electron chi connectivity index (χ0n) is 10.9. The molecule has 2 rings (SSSR count). The van der Waals surface area contributed by atoms with Crippen LogP contribution in [0.15, 0.2) is 24.5 Å². The highest BCUT2D eigenvalue weighted by molar-refractivity contribution is 6.42. The molecule has 0 saturated heterocycles. The molecule has 0 aliphatic carbocycles. The van der Waals surface area contributed by atoms with E-state index >= 15 is 0 Å². The molecule has 1 aromatic carbocycles. The number of nitrogens with two attached hydrogens (primary N) is 1. The highest BCUT2D eigenvalue weighted by Gasteiger charge is 2.05. The first-order chi connectivity index (χ1) is 9.40. The van der Waals surface area contributed by atoms with E-state index in [9.17, 15) is 4.79 Å². The molecule has 1 aromatic heterocycles. The number of nitrogens with one attached hydrogen (secondary N) is 2. The highest BCUT2D eigenvalue weighted by Crippen LogP contribution is 2.24. The van der Waals surface area contributed by atoms with Crippen LogP contribution in [0.5, 0.6) is 0 Å². The van der Waals surface area contributed by atoms with E-state index in [4.69, 9.17) is 28.9 Å². The fourth-order valence-electron chi connectivity index (χ4n) is 1.02. The fourth-order valence-corrected chi connectivity index (χ4v) is 1.32. The Bertz CT molecular complexity index is 558. The first-order valence-corrected chi connectivity index (χ1v) is 6.20. The number of nitrogens with zero attached hydrogens (tertiary/aromatic N) is 3. The van der Waals surface area contributed by atoms with Crippen molar-refractivity contribution < 1.29 is 4.79 Å². The Morgan fingerprint density at radius 1 is 1.35 bits per heavy atom. The van der Waals surface area contributed by atoms with Crippen LogP contribution in [0, 0.1) is 0 Å². The molecule has 0 unspecified atom stereocenters. The lowest BCUT2D eigenvalue weighted by molar-refractivity contribution is 0.230. The number of amides is 2. The van der Waals surface area contributed by atoms with Gasteiger partial charge in [-0.2, -0.15) is 5.10 Å². The average Bonchev–Trinajstić information content (AvgIpc) is 2.85. The van der Waals surface area contributed by atoms with E-state index in [2.05, 4.69) is 20.5 Å². The summed E-state index contributed by atoms with van der Waals surface area (Å²) in [4.78, 5) is 16.2. The number of hydrogen-bond acceptors (Lipinski definition) is 4. The maximum absolute atomic E-state index is 11.2. The molecule has 9 heteroatoms. The van der Waals surface area contributed by atoms with Gasteiger partial charge in [0.25, 0.3) is 0 Å². The molecule has 2 aromatic rings. The van der Waals surface area contributed by atoms with Crippen LogP contribution in [0.2, 0.25) is 10.0 Å². The summed E-state index contributed by atoms with van der Waals surface area (Å²) in [6.07, 6.45) is 1.36. The Labute approximate surface area is 126 Å². The lowest BCUT2D eigenvalue weighted by atomic mass is 10.3. The molecule has 108 valence electrons. The predicted molar refractivity (Wildman–Crippen MR) is 80.0 cm³/mol. The van der Waals surface area contributed by atoms with Gasteiger partial charge in [-0.05, 0) is 18.2 Å². The average molecular weight is 317 g/mol. The van der Waals surface area contributed by atoms with Gasteiger partial charge in [-0.25, -0.2) is 14.9 Å². The van der Waals surface area contributed by atoms with E-state index < -0.39 is 0 Å². The molecule has 0 saturated carbocycles. The van der Waals surface area contributed by atoms with Gasteiger partial charge in [0.2, 0.25) is 5.95 Å². The topological polar surface area (TPSA) is 99.9 Å². The van der Waals surface area contributed by atoms with Crippen molar-refractivity contribution in [3.63, 3.8) is 0 Å². The third kappa shape index (κ3) is 5.33. The van der Waals surface area contributed by atoms with Crippen LogP contribution in [0.25, 0.3) is 0 Å². The number of carbonyl (C=O) groups is 1. The molecule has 0 bridgehead atoms. The zero-order chi connectivity index (χ0) is 15.1. The van der Waals surface area contributed by atoms with Gasteiger partial charge in [0.1, 0.15) is 6.33 Å². The number of aromatic nitrogens is 3. The van der Waals surface area contributed by atoms with E-state index in [1.54, 1.807) is 32.3 Å². The monoisotopic (exact) mass is 316 g/mol. The van der Waals surface area contributed by atoms with Gasteiger partial charge in [0.15, 0.2) is 0 Å². The van der Waals surface area contributed by atoms with Gasteiger partial charge in [0, 0.05) is 19.8 Å². The molecular weight excluding hydrogens is 303 g/mol. The van der Waals surface area contributed by atoms with Crippen LogP contribution in [-0.4, -0.2) is 40.2 Å². The molecule has 0 fully saturated rings. The van der Waals surface area contributed by atoms with Crippen LogP contribution in [-0.2, 0) is 0 Å². The van der Waals surface area contributed by atoms with Gasteiger partial charge >= 0.3 is 6.03 Å². The quantitative estimate of drug-likeness (QED) is 0.752. The van der Waals surface area contributed by atoms with Crippen molar-refractivity contribution in [1.29, 1.82) is 0 Å². The number of carbonyl (C=O) groups excluding carboxylic acids is 1. The van der Waals surface area contributed by atoms with Crippen molar-refractivity contribution in [2.24, 2.45) is 0 Å².